The molecule has 0 saturated carbocycles. The van der Waals surface area contributed by atoms with E-state index in [9.17, 15) is 8.42 Å². The largest absolute Gasteiger partial charge is 0.493 e. The zero-order chi connectivity index (χ0) is 15.7. The van der Waals surface area contributed by atoms with E-state index in [0.717, 1.165) is 37.0 Å². The summed E-state index contributed by atoms with van der Waals surface area (Å²) in [6.07, 6.45) is 3.69. The Bertz CT molecular complexity index is 643. The minimum Gasteiger partial charge on any atom is -0.493 e. The Labute approximate surface area is 132 Å². The van der Waals surface area contributed by atoms with Crippen LogP contribution in [-0.4, -0.2) is 38.5 Å². The Hall–Kier alpha value is -1.11. The first-order chi connectivity index (χ1) is 10.5. The van der Waals surface area contributed by atoms with Crippen molar-refractivity contribution in [3.8, 4) is 5.75 Å². The molecule has 2 aliphatic rings. The van der Waals surface area contributed by atoms with Gasteiger partial charge in [0.15, 0.2) is 0 Å². The van der Waals surface area contributed by atoms with Crippen LogP contribution >= 0.6 is 0 Å². The highest BCUT2D eigenvalue weighted by atomic mass is 32.2. The molecule has 2 aliphatic heterocycles. The van der Waals surface area contributed by atoms with E-state index in [1.807, 2.05) is 6.92 Å². The van der Waals surface area contributed by atoms with Crippen molar-refractivity contribution in [2.45, 2.75) is 43.5 Å². The van der Waals surface area contributed by atoms with Gasteiger partial charge < -0.3 is 10.5 Å². The highest BCUT2D eigenvalue weighted by molar-refractivity contribution is 7.89. The van der Waals surface area contributed by atoms with Crippen LogP contribution in [0.1, 0.15) is 31.7 Å². The molecule has 122 valence electrons. The number of benzene rings is 1. The second-order valence-corrected chi connectivity index (χ2v) is 8.28. The number of aryl methyl sites for hydroxylation is 1. The predicted molar refractivity (Wildman–Crippen MR) is 85.4 cm³/mol. The molecule has 2 N–H and O–H groups in total. The van der Waals surface area contributed by atoms with Gasteiger partial charge in [-0.3, -0.25) is 0 Å². The zero-order valence-electron chi connectivity index (χ0n) is 13.0. The van der Waals surface area contributed by atoms with E-state index in [-0.39, 0.29) is 12.0 Å². The highest BCUT2D eigenvalue weighted by Gasteiger charge is 2.32. The number of nitrogens with zero attached hydrogens (tertiary/aromatic N) is 1. The number of piperidine rings is 1. The summed E-state index contributed by atoms with van der Waals surface area (Å²) in [4.78, 5) is 0.377. The second kappa shape index (κ2) is 6.18. The molecule has 0 radical (unpaired) electrons. The first-order valence-corrected chi connectivity index (χ1v) is 9.44. The van der Waals surface area contributed by atoms with Crippen LogP contribution in [0.2, 0.25) is 0 Å². The molecule has 2 atom stereocenters. The van der Waals surface area contributed by atoms with Crippen LogP contribution in [0.25, 0.3) is 0 Å². The molecule has 3 rings (SSSR count). The first kappa shape index (κ1) is 15.8. The lowest BCUT2D eigenvalue weighted by molar-refractivity contribution is 0.243. The molecule has 0 aliphatic carbocycles. The molecule has 2 heterocycles. The van der Waals surface area contributed by atoms with Gasteiger partial charge in [-0.2, -0.15) is 4.31 Å². The van der Waals surface area contributed by atoms with Gasteiger partial charge >= 0.3 is 0 Å². The van der Waals surface area contributed by atoms with Crippen LogP contribution in [0, 0.1) is 5.92 Å². The molecule has 0 bridgehead atoms. The molecular weight excluding hydrogens is 300 g/mol. The number of hydrogen-bond donors (Lipinski definition) is 1. The average Bonchev–Trinajstić information content (AvgIpc) is 2.54. The third-order valence-corrected chi connectivity index (χ3v) is 6.54. The zero-order valence-corrected chi connectivity index (χ0v) is 13.8. The molecule has 0 spiro atoms. The number of fused-ring (bicyclic) bond motifs is 1. The van der Waals surface area contributed by atoms with Gasteiger partial charge in [0.2, 0.25) is 10.0 Å². The van der Waals surface area contributed by atoms with E-state index in [0.29, 0.717) is 24.6 Å². The van der Waals surface area contributed by atoms with Crippen molar-refractivity contribution < 1.29 is 13.2 Å². The fourth-order valence-electron chi connectivity index (χ4n) is 3.27. The molecular formula is C16H24N2O3S. The third kappa shape index (κ3) is 3.00. The van der Waals surface area contributed by atoms with E-state index in [4.69, 9.17) is 10.5 Å². The monoisotopic (exact) mass is 324 g/mol. The van der Waals surface area contributed by atoms with Crippen LogP contribution < -0.4 is 10.5 Å². The van der Waals surface area contributed by atoms with Crippen LogP contribution in [0.15, 0.2) is 23.1 Å². The van der Waals surface area contributed by atoms with Crippen LogP contribution in [0.4, 0.5) is 0 Å². The maximum atomic E-state index is 12.9. The van der Waals surface area contributed by atoms with Crippen molar-refractivity contribution in [2.24, 2.45) is 11.7 Å². The number of ether oxygens (including phenoxy) is 1. The van der Waals surface area contributed by atoms with E-state index in [1.54, 1.807) is 22.5 Å². The van der Waals surface area contributed by atoms with Crippen molar-refractivity contribution in [1.82, 2.24) is 4.31 Å². The minimum absolute atomic E-state index is 0.0231. The van der Waals surface area contributed by atoms with Gasteiger partial charge in [-0.25, -0.2) is 8.42 Å². The van der Waals surface area contributed by atoms with Gasteiger partial charge in [-0.05, 0) is 62.3 Å². The summed E-state index contributed by atoms with van der Waals surface area (Å²) < 4.78 is 32.9. The highest BCUT2D eigenvalue weighted by Crippen LogP contribution is 2.30. The minimum atomic E-state index is -3.44. The maximum absolute atomic E-state index is 12.9. The van der Waals surface area contributed by atoms with E-state index in [1.165, 1.54) is 0 Å². The van der Waals surface area contributed by atoms with Gasteiger partial charge in [-0.15, -0.1) is 0 Å². The predicted octanol–water partition coefficient (Wildman–Crippen LogP) is 1.76. The Morgan fingerprint density at radius 2 is 2.18 bits per heavy atom. The van der Waals surface area contributed by atoms with Crippen molar-refractivity contribution in [1.29, 1.82) is 0 Å². The molecule has 1 aromatic carbocycles. The number of nitrogens with two attached hydrogens (primary N) is 1. The molecule has 5 nitrogen and oxygen atoms in total. The Balaban J connectivity index is 1.86. The molecule has 1 aromatic rings. The van der Waals surface area contributed by atoms with Gasteiger partial charge in [0.25, 0.3) is 0 Å². The SMILES string of the molecule is CC(N)C1CCCN(S(=O)(=O)c2ccc3c(c2)CCCO3)C1. The smallest absolute Gasteiger partial charge is 0.243 e. The lowest BCUT2D eigenvalue weighted by Gasteiger charge is -2.34. The van der Waals surface area contributed by atoms with Crippen molar-refractivity contribution in [3.05, 3.63) is 23.8 Å². The van der Waals surface area contributed by atoms with Crippen molar-refractivity contribution in [3.63, 3.8) is 0 Å². The van der Waals surface area contributed by atoms with Crippen LogP contribution in [0.3, 0.4) is 0 Å². The molecule has 0 amide bonds. The van der Waals surface area contributed by atoms with Crippen LogP contribution in [-0.2, 0) is 16.4 Å². The summed E-state index contributed by atoms with van der Waals surface area (Å²) >= 11 is 0. The van der Waals surface area contributed by atoms with Gasteiger partial charge in [0.1, 0.15) is 5.75 Å². The summed E-state index contributed by atoms with van der Waals surface area (Å²) in [6.45, 7) is 3.77. The average molecular weight is 324 g/mol. The van der Waals surface area contributed by atoms with E-state index >= 15 is 0 Å². The fourth-order valence-corrected chi connectivity index (χ4v) is 4.85. The molecule has 0 aromatic heterocycles. The normalized spacial score (nSPS) is 24.4. The number of rotatable bonds is 3. The summed E-state index contributed by atoms with van der Waals surface area (Å²) in [5, 5.41) is 0. The Morgan fingerprint density at radius 1 is 1.36 bits per heavy atom. The topological polar surface area (TPSA) is 72.6 Å². The van der Waals surface area contributed by atoms with Crippen molar-refractivity contribution in [2.75, 3.05) is 19.7 Å². The first-order valence-electron chi connectivity index (χ1n) is 8.00. The third-order valence-electron chi connectivity index (χ3n) is 4.68. The molecule has 1 fully saturated rings. The quantitative estimate of drug-likeness (QED) is 0.919. The summed E-state index contributed by atoms with van der Waals surface area (Å²) in [6, 6.07) is 5.25. The van der Waals surface area contributed by atoms with E-state index in [2.05, 4.69) is 0 Å². The van der Waals surface area contributed by atoms with Crippen molar-refractivity contribution >= 4 is 10.0 Å². The molecule has 1 saturated heterocycles. The molecule has 2 unspecified atom stereocenters. The summed E-state index contributed by atoms with van der Waals surface area (Å²) in [5.74, 6) is 1.06. The summed E-state index contributed by atoms with van der Waals surface area (Å²) in [7, 11) is -3.44. The standard InChI is InChI=1S/C16H24N2O3S/c1-12(17)14-4-2-8-18(11-14)22(19,20)15-6-7-16-13(10-15)5-3-9-21-16/h6-7,10,12,14H,2-5,8-9,11,17H2,1H3. The molecule has 22 heavy (non-hydrogen) atoms. The number of sulfonamides is 1. The molecule has 6 heteroatoms. The van der Waals surface area contributed by atoms with Crippen LogP contribution in [0.5, 0.6) is 5.75 Å². The lowest BCUT2D eigenvalue weighted by atomic mass is 9.93. The maximum Gasteiger partial charge on any atom is 0.243 e. The Kier molecular flexibility index (Phi) is 4.43. The fraction of sp³-hybridized carbons (Fsp3) is 0.625. The van der Waals surface area contributed by atoms with Gasteiger partial charge in [-0.1, -0.05) is 0 Å². The number of hydrogen-bond acceptors (Lipinski definition) is 4. The second-order valence-electron chi connectivity index (χ2n) is 6.35. The lowest BCUT2D eigenvalue weighted by Crippen LogP contribution is -2.44. The van der Waals surface area contributed by atoms with E-state index < -0.39 is 10.0 Å². The summed E-state index contributed by atoms with van der Waals surface area (Å²) in [5.41, 5.74) is 6.96. The van der Waals surface area contributed by atoms with Gasteiger partial charge in [0, 0.05) is 19.1 Å². The van der Waals surface area contributed by atoms with Gasteiger partial charge in [0.05, 0.1) is 11.5 Å². The Morgan fingerprint density at radius 3 is 2.95 bits per heavy atom.